The van der Waals surface area contributed by atoms with E-state index in [0.29, 0.717) is 29.5 Å². The number of aryl methyl sites for hydroxylation is 1. The van der Waals surface area contributed by atoms with E-state index in [4.69, 9.17) is 4.74 Å². The molecule has 2 aromatic heterocycles. The number of H-pyrrole nitrogens is 1. The van der Waals surface area contributed by atoms with Crippen LogP contribution < -0.4 is 0 Å². The Kier molecular flexibility index (Phi) is 3.26. The highest BCUT2D eigenvalue weighted by Gasteiger charge is 2.30. The van der Waals surface area contributed by atoms with Crippen LogP contribution in [-0.2, 0) is 4.74 Å². The fourth-order valence-corrected chi connectivity index (χ4v) is 2.39. The Morgan fingerprint density at radius 1 is 1.45 bits per heavy atom. The van der Waals surface area contributed by atoms with Crippen molar-refractivity contribution in [2.75, 3.05) is 6.61 Å². The Hall–Kier alpha value is -2.17. The van der Waals surface area contributed by atoms with Gasteiger partial charge in [0.1, 0.15) is 11.3 Å². The quantitative estimate of drug-likeness (QED) is 0.868. The summed E-state index contributed by atoms with van der Waals surface area (Å²) in [6, 6.07) is 4.00. The lowest BCUT2D eigenvalue weighted by atomic mass is 10.0. The second-order valence-corrected chi connectivity index (χ2v) is 5.01. The summed E-state index contributed by atoms with van der Waals surface area (Å²) in [7, 11) is 0. The van der Waals surface area contributed by atoms with Gasteiger partial charge in [-0.3, -0.25) is 10.1 Å². The number of rotatable bonds is 4. The molecule has 1 aliphatic rings. The Labute approximate surface area is 117 Å². The molecule has 104 valence electrons. The summed E-state index contributed by atoms with van der Waals surface area (Å²) < 4.78 is 5.12. The lowest BCUT2D eigenvalue weighted by Gasteiger charge is -2.07. The lowest BCUT2D eigenvalue weighted by molar-refractivity contribution is 0.0526. The van der Waals surface area contributed by atoms with E-state index >= 15 is 0 Å². The molecule has 0 saturated heterocycles. The number of aromatic amines is 1. The van der Waals surface area contributed by atoms with Gasteiger partial charge in [0.25, 0.3) is 0 Å². The van der Waals surface area contributed by atoms with Crippen molar-refractivity contribution in [2.24, 2.45) is 0 Å². The number of esters is 1. The van der Waals surface area contributed by atoms with E-state index < -0.39 is 0 Å². The largest absolute Gasteiger partial charge is 0.462 e. The summed E-state index contributed by atoms with van der Waals surface area (Å²) in [6.07, 6.45) is 4.09. The summed E-state index contributed by atoms with van der Waals surface area (Å²) in [5, 5.41) is 7.14. The van der Waals surface area contributed by atoms with Crippen molar-refractivity contribution in [1.82, 2.24) is 15.2 Å². The second kappa shape index (κ2) is 5.07. The van der Waals surface area contributed by atoms with Crippen molar-refractivity contribution in [3.05, 3.63) is 35.2 Å². The fraction of sp³-hybridized carbons (Fsp3) is 0.400. The van der Waals surface area contributed by atoms with Gasteiger partial charge in [0.15, 0.2) is 0 Å². The minimum absolute atomic E-state index is 0.346. The fourth-order valence-electron chi connectivity index (χ4n) is 2.39. The monoisotopic (exact) mass is 271 g/mol. The van der Waals surface area contributed by atoms with Crippen LogP contribution in [0.2, 0.25) is 0 Å². The molecule has 1 aliphatic carbocycles. The molecule has 20 heavy (non-hydrogen) atoms. The number of pyridine rings is 1. The van der Waals surface area contributed by atoms with Crippen LogP contribution in [0.4, 0.5) is 0 Å². The van der Waals surface area contributed by atoms with Gasteiger partial charge in [0, 0.05) is 11.9 Å². The van der Waals surface area contributed by atoms with Crippen molar-refractivity contribution < 1.29 is 9.53 Å². The molecule has 0 spiro atoms. The molecule has 0 radical (unpaired) electrons. The predicted molar refractivity (Wildman–Crippen MR) is 74.5 cm³/mol. The number of nitrogens with one attached hydrogen (secondary N) is 1. The van der Waals surface area contributed by atoms with Crippen LogP contribution in [0.1, 0.15) is 47.3 Å². The Bertz CT molecular complexity index is 644. The number of ether oxygens (including phenoxy) is 1. The molecular formula is C15H17N3O2. The number of nitrogens with zero attached hydrogens (tertiary/aromatic N) is 2. The minimum Gasteiger partial charge on any atom is -0.462 e. The van der Waals surface area contributed by atoms with E-state index in [1.165, 1.54) is 18.4 Å². The number of carbonyl (C=O) groups is 1. The smallest absolute Gasteiger partial charge is 0.342 e. The average Bonchev–Trinajstić information content (AvgIpc) is 3.22. The zero-order valence-electron chi connectivity index (χ0n) is 11.6. The maximum Gasteiger partial charge on any atom is 0.342 e. The Balaban J connectivity index is 2.09. The zero-order chi connectivity index (χ0) is 14.1. The van der Waals surface area contributed by atoms with Gasteiger partial charge in [0.05, 0.1) is 12.3 Å². The Morgan fingerprint density at radius 2 is 2.25 bits per heavy atom. The van der Waals surface area contributed by atoms with Crippen molar-refractivity contribution in [2.45, 2.75) is 32.6 Å². The molecule has 0 aromatic carbocycles. The third-order valence-corrected chi connectivity index (χ3v) is 3.51. The van der Waals surface area contributed by atoms with Crippen LogP contribution >= 0.6 is 0 Å². The highest BCUT2D eigenvalue weighted by atomic mass is 16.5. The molecule has 2 heterocycles. The van der Waals surface area contributed by atoms with Gasteiger partial charge in [-0.15, -0.1) is 0 Å². The molecule has 0 unspecified atom stereocenters. The Morgan fingerprint density at radius 3 is 2.95 bits per heavy atom. The van der Waals surface area contributed by atoms with E-state index in [1.54, 1.807) is 13.1 Å². The lowest BCUT2D eigenvalue weighted by Crippen LogP contribution is -2.07. The molecule has 1 fully saturated rings. The molecule has 5 nitrogen and oxygen atoms in total. The molecule has 0 aliphatic heterocycles. The van der Waals surface area contributed by atoms with Gasteiger partial charge in [-0.2, -0.15) is 5.10 Å². The van der Waals surface area contributed by atoms with Crippen molar-refractivity contribution in [3.8, 4) is 11.4 Å². The van der Waals surface area contributed by atoms with Crippen LogP contribution in [0.15, 0.2) is 18.3 Å². The van der Waals surface area contributed by atoms with Crippen LogP contribution in [0.25, 0.3) is 11.4 Å². The van der Waals surface area contributed by atoms with E-state index in [-0.39, 0.29) is 5.97 Å². The maximum atomic E-state index is 12.1. The first-order valence-corrected chi connectivity index (χ1v) is 6.89. The first-order chi connectivity index (χ1) is 9.72. The third-order valence-electron chi connectivity index (χ3n) is 3.51. The highest BCUT2D eigenvalue weighted by Crippen LogP contribution is 2.43. The van der Waals surface area contributed by atoms with Gasteiger partial charge >= 0.3 is 5.97 Å². The topological polar surface area (TPSA) is 67.9 Å². The number of carbonyl (C=O) groups excluding carboxylic acids is 1. The van der Waals surface area contributed by atoms with E-state index in [2.05, 4.69) is 21.2 Å². The summed E-state index contributed by atoms with van der Waals surface area (Å²) in [6.45, 7) is 3.96. The second-order valence-electron chi connectivity index (χ2n) is 5.01. The normalized spacial score (nSPS) is 14.3. The summed E-state index contributed by atoms with van der Waals surface area (Å²) in [5.41, 5.74) is 3.77. The van der Waals surface area contributed by atoms with Crippen molar-refractivity contribution in [3.63, 3.8) is 0 Å². The van der Waals surface area contributed by atoms with Crippen molar-refractivity contribution in [1.29, 1.82) is 0 Å². The van der Waals surface area contributed by atoms with E-state index in [9.17, 15) is 4.79 Å². The molecule has 3 rings (SSSR count). The standard InChI is InChI=1S/C15H17N3O2/c1-3-20-15(19)12-9(2)17-18-14(12)13-11(10-6-7-10)5-4-8-16-13/h4-5,8,10H,3,6-7H2,1-2H3,(H,17,18). The van der Waals surface area contributed by atoms with E-state index in [0.717, 1.165) is 5.69 Å². The predicted octanol–water partition coefficient (Wildman–Crippen LogP) is 2.83. The van der Waals surface area contributed by atoms with Crippen LogP contribution in [0.3, 0.4) is 0 Å². The number of hydrogen-bond donors (Lipinski definition) is 1. The van der Waals surface area contributed by atoms with Crippen molar-refractivity contribution >= 4 is 5.97 Å². The first-order valence-electron chi connectivity index (χ1n) is 6.89. The molecule has 1 saturated carbocycles. The molecule has 0 bridgehead atoms. The molecular weight excluding hydrogens is 254 g/mol. The van der Waals surface area contributed by atoms with Crippen LogP contribution in [0, 0.1) is 6.92 Å². The summed E-state index contributed by atoms with van der Waals surface area (Å²) in [5.74, 6) is 0.201. The SMILES string of the molecule is CCOC(=O)c1c(-c2ncccc2C2CC2)n[nH]c1C. The average molecular weight is 271 g/mol. The molecule has 0 amide bonds. The maximum absolute atomic E-state index is 12.1. The van der Waals surface area contributed by atoms with Gasteiger partial charge in [0.2, 0.25) is 0 Å². The first kappa shape index (κ1) is 12.8. The van der Waals surface area contributed by atoms with Gasteiger partial charge in [-0.05, 0) is 44.2 Å². The zero-order valence-corrected chi connectivity index (χ0v) is 11.6. The summed E-state index contributed by atoms with van der Waals surface area (Å²) in [4.78, 5) is 16.5. The van der Waals surface area contributed by atoms with Gasteiger partial charge in [-0.25, -0.2) is 4.79 Å². The molecule has 1 N–H and O–H groups in total. The number of aromatic nitrogens is 3. The molecule has 2 aromatic rings. The number of hydrogen-bond acceptors (Lipinski definition) is 4. The van der Waals surface area contributed by atoms with Crippen LogP contribution in [-0.4, -0.2) is 27.8 Å². The molecule has 5 heteroatoms. The van der Waals surface area contributed by atoms with Gasteiger partial charge in [-0.1, -0.05) is 6.07 Å². The molecule has 0 atom stereocenters. The third kappa shape index (κ3) is 2.19. The highest BCUT2D eigenvalue weighted by molar-refractivity contribution is 5.97. The van der Waals surface area contributed by atoms with Gasteiger partial charge < -0.3 is 4.74 Å². The van der Waals surface area contributed by atoms with E-state index in [1.807, 2.05) is 13.0 Å². The van der Waals surface area contributed by atoms with Crippen LogP contribution in [0.5, 0.6) is 0 Å². The minimum atomic E-state index is -0.346. The summed E-state index contributed by atoms with van der Waals surface area (Å²) >= 11 is 0.